The number of carbonyl (C=O) groups excluding carboxylic acids is 1. The van der Waals surface area contributed by atoms with Crippen molar-refractivity contribution < 1.29 is 36.6 Å². The summed E-state index contributed by atoms with van der Waals surface area (Å²) in [6.07, 6.45) is 3.02. The molecule has 3 heterocycles. The van der Waals surface area contributed by atoms with Gasteiger partial charge in [0.2, 0.25) is 9.84 Å². The number of hydrogen-bond acceptors (Lipinski definition) is 8. The second-order valence-corrected chi connectivity index (χ2v) is 12.0. The Morgan fingerprint density at radius 1 is 1.00 bits per heavy atom. The average molecular weight is 646 g/mol. The molecule has 0 unspecified atom stereocenters. The third kappa shape index (κ3) is 6.28. The van der Waals surface area contributed by atoms with Gasteiger partial charge in [-0.15, -0.1) is 0 Å². The summed E-state index contributed by atoms with van der Waals surface area (Å²) in [5.74, 6) is -5.08. The van der Waals surface area contributed by atoms with Gasteiger partial charge in [-0.05, 0) is 48.5 Å². The van der Waals surface area contributed by atoms with Crippen LogP contribution in [0.15, 0.2) is 78.0 Å². The van der Waals surface area contributed by atoms with E-state index < -0.39 is 38.3 Å². The molecule has 0 spiro atoms. The predicted molar refractivity (Wildman–Crippen MR) is 155 cm³/mol. The summed E-state index contributed by atoms with van der Waals surface area (Å²) in [5.41, 5.74) is 1.42. The number of aliphatic hydroxyl groups excluding tert-OH is 2. The number of aliphatic hydroxyl groups is 2. The van der Waals surface area contributed by atoms with Gasteiger partial charge in [-0.2, -0.15) is 13.9 Å². The minimum atomic E-state index is -4.98. The van der Waals surface area contributed by atoms with Crippen LogP contribution in [-0.4, -0.2) is 63.3 Å². The molecular formula is C29H23ClF3N5O5S. The molecule has 3 aromatic heterocycles. The van der Waals surface area contributed by atoms with Crippen molar-refractivity contribution in [2.75, 3.05) is 13.2 Å². The van der Waals surface area contributed by atoms with Crippen LogP contribution in [0.25, 0.3) is 33.4 Å². The van der Waals surface area contributed by atoms with E-state index in [1.165, 1.54) is 16.9 Å². The number of benzene rings is 2. The number of amides is 1. The number of hydrogen-bond donors (Lipinski definition) is 3. The summed E-state index contributed by atoms with van der Waals surface area (Å²) < 4.78 is 66.9. The first-order valence-electron chi connectivity index (χ1n) is 12.9. The number of carbonyl (C=O) groups is 1. The molecule has 10 nitrogen and oxygen atoms in total. The van der Waals surface area contributed by atoms with Crippen LogP contribution in [-0.2, 0) is 16.4 Å². The second-order valence-electron chi connectivity index (χ2n) is 9.60. The van der Waals surface area contributed by atoms with Crippen molar-refractivity contribution in [3.05, 3.63) is 95.2 Å². The summed E-state index contributed by atoms with van der Waals surface area (Å²) in [6.45, 7) is -0.802. The van der Waals surface area contributed by atoms with Crippen molar-refractivity contribution in [2.45, 2.75) is 23.2 Å². The predicted octanol–water partition coefficient (Wildman–Crippen LogP) is 4.40. The SMILES string of the molecule is O=C(NCc1cc2c(F)c(-c3cccc(-c4ccn(C(CO)CO)n4)n3)ccc2cn1)c1cc(Cl)cc(S(=O)(=O)C(F)F)c1. The van der Waals surface area contributed by atoms with Crippen LogP contribution in [0.4, 0.5) is 13.2 Å². The molecule has 1 amide bonds. The number of rotatable bonds is 10. The van der Waals surface area contributed by atoms with E-state index in [4.69, 9.17) is 11.6 Å². The largest absolute Gasteiger partial charge is 0.394 e. The maximum absolute atomic E-state index is 15.8. The molecule has 0 aliphatic rings. The summed E-state index contributed by atoms with van der Waals surface area (Å²) in [7, 11) is -4.98. The Morgan fingerprint density at radius 3 is 2.48 bits per heavy atom. The minimum absolute atomic E-state index is 0.190. The molecule has 0 saturated carbocycles. The highest BCUT2D eigenvalue weighted by Gasteiger charge is 2.28. The van der Waals surface area contributed by atoms with Crippen LogP contribution in [0.2, 0.25) is 5.02 Å². The normalized spacial score (nSPS) is 11.9. The summed E-state index contributed by atoms with van der Waals surface area (Å²) >= 11 is 5.87. The number of nitrogens with one attached hydrogen (secondary N) is 1. The van der Waals surface area contributed by atoms with Gasteiger partial charge >= 0.3 is 5.76 Å². The van der Waals surface area contributed by atoms with Gasteiger partial charge in [0.05, 0.1) is 47.8 Å². The zero-order valence-electron chi connectivity index (χ0n) is 22.5. The summed E-state index contributed by atoms with van der Waals surface area (Å²) in [6, 6.07) is 13.5. The fourth-order valence-corrected chi connectivity index (χ4v) is 5.47. The number of alkyl halides is 2. The fourth-order valence-electron chi connectivity index (χ4n) is 4.38. The van der Waals surface area contributed by atoms with Gasteiger partial charge < -0.3 is 15.5 Å². The first-order valence-corrected chi connectivity index (χ1v) is 14.9. The van der Waals surface area contributed by atoms with E-state index in [2.05, 4.69) is 20.4 Å². The van der Waals surface area contributed by atoms with E-state index in [1.54, 1.807) is 42.6 Å². The van der Waals surface area contributed by atoms with E-state index >= 15 is 4.39 Å². The molecule has 0 atom stereocenters. The van der Waals surface area contributed by atoms with Crippen LogP contribution >= 0.6 is 11.6 Å². The van der Waals surface area contributed by atoms with Gasteiger partial charge in [0.15, 0.2) is 0 Å². The topological polar surface area (TPSA) is 147 Å². The van der Waals surface area contributed by atoms with E-state index in [0.717, 1.165) is 18.2 Å². The Bertz CT molecular complexity index is 1970. The molecule has 5 rings (SSSR count). The lowest BCUT2D eigenvalue weighted by Crippen LogP contribution is -2.24. The highest BCUT2D eigenvalue weighted by molar-refractivity contribution is 7.91. The third-order valence-electron chi connectivity index (χ3n) is 6.71. The minimum Gasteiger partial charge on any atom is -0.394 e. The lowest BCUT2D eigenvalue weighted by atomic mass is 10.0. The van der Waals surface area contributed by atoms with Crippen molar-refractivity contribution in [2.24, 2.45) is 0 Å². The van der Waals surface area contributed by atoms with E-state index in [0.29, 0.717) is 22.5 Å². The molecule has 5 aromatic rings. The van der Waals surface area contributed by atoms with Gasteiger partial charge in [-0.1, -0.05) is 23.7 Å². The lowest BCUT2D eigenvalue weighted by molar-refractivity contribution is 0.0950. The Kier molecular flexibility index (Phi) is 8.97. The average Bonchev–Trinajstić information content (AvgIpc) is 3.50. The number of sulfone groups is 1. The number of halogens is 4. The quantitative estimate of drug-likeness (QED) is 0.202. The highest BCUT2D eigenvalue weighted by atomic mass is 35.5. The molecule has 0 radical (unpaired) electrons. The van der Waals surface area contributed by atoms with Crippen LogP contribution in [0.1, 0.15) is 22.1 Å². The lowest BCUT2D eigenvalue weighted by Gasteiger charge is -2.11. The van der Waals surface area contributed by atoms with Crippen LogP contribution in [0.3, 0.4) is 0 Å². The Hall–Kier alpha value is -4.37. The Labute approximate surface area is 253 Å². The van der Waals surface area contributed by atoms with Gasteiger partial charge in [0.25, 0.3) is 5.91 Å². The van der Waals surface area contributed by atoms with Crippen molar-refractivity contribution in [3.8, 4) is 22.6 Å². The molecule has 0 saturated heterocycles. The second kappa shape index (κ2) is 12.7. The molecule has 3 N–H and O–H groups in total. The standard InChI is InChI=1S/C29H23ClF3N5O5S/c30-18-8-17(9-21(10-18)44(42,43)29(32)33)28(41)35-13-19-11-23-16(12-34-19)4-5-22(27(23)31)24-2-1-3-25(36-24)26-6-7-38(37-26)20(14-39)15-40/h1-12,20,29,39-40H,13-15H2,(H,35,41). The van der Waals surface area contributed by atoms with E-state index in [-0.39, 0.29) is 47.0 Å². The molecule has 2 aromatic carbocycles. The van der Waals surface area contributed by atoms with Crippen molar-refractivity contribution >= 4 is 38.1 Å². The molecule has 0 bridgehead atoms. The fraction of sp³-hybridized carbons (Fsp3) is 0.172. The maximum Gasteiger partial charge on any atom is 0.341 e. The van der Waals surface area contributed by atoms with Gasteiger partial charge in [0.1, 0.15) is 11.5 Å². The van der Waals surface area contributed by atoms with Crippen molar-refractivity contribution in [1.82, 2.24) is 25.1 Å². The zero-order valence-corrected chi connectivity index (χ0v) is 24.1. The van der Waals surface area contributed by atoms with Crippen molar-refractivity contribution in [3.63, 3.8) is 0 Å². The van der Waals surface area contributed by atoms with E-state index in [9.17, 15) is 32.2 Å². The summed E-state index contributed by atoms with van der Waals surface area (Å²) in [4.78, 5) is 20.7. The zero-order chi connectivity index (χ0) is 31.6. The molecule has 44 heavy (non-hydrogen) atoms. The number of nitrogens with zero attached hydrogens (tertiary/aromatic N) is 4. The van der Waals surface area contributed by atoms with Crippen LogP contribution in [0, 0.1) is 5.82 Å². The van der Waals surface area contributed by atoms with Crippen LogP contribution in [0.5, 0.6) is 0 Å². The molecule has 15 heteroatoms. The molecule has 0 aliphatic carbocycles. The number of fused-ring (bicyclic) bond motifs is 1. The highest BCUT2D eigenvalue weighted by Crippen LogP contribution is 2.30. The van der Waals surface area contributed by atoms with Crippen LogP contribution < -0.4 is 5.32 Å². The molecule has 0 fully saturated rings. The Balaban J connectivity index is 1.39. The number of pyridine rings is 2. The van der Waals surface area contributed by atoms with Crippen molar-refractivity contribution in [1.29, 1.82) is 0 Å². The Morgan fingerprint density at radius 2 is 1.75 bits per heavy atom. The van der Waals surface area contributed by atoms with Gasteiger partial charge in [-0.25, -0.2) is 17.8 Å². The third-order valence-corrected chi connectivity index (χ3v) is 8.29. The molecule has 228 valence electrons. The monoisotopic (exact) mass is 645 g/mol. The maximum atomic E-state index is 15.8. The number of aromatic nitrogens is 4. The van der Waals surface area contributed by atoms with Gasteiger partial charge in [0, 0.05) is 39.3 Å². The summed E-state index contributed by atoms with van der Waals surface area (Å²) in [5, 5.41) is 26.1. The smallest absolute Gasteiger partial charge is 0.341 e. The molecule has 0 aliphatic heterocycles. The first kappa shape index (κ1) is 31.1. The van der Waals surface area contributed by atoms with Gasteiger partial charge in [-0.3, -0.25) is 14.5 Å². The first-order chi connectivity index (χ1) is 21.0. The molecular weight excluding hydrogens is 623 g/mol. The van der Waals surface area contributed by atoms with E-state index in [1.807, 2.05) is 0 Å².